The number of rotatable bonds is 7. The molecule has 0 spiro atoms. The smallest absolute Gasteiger partial charge is 0.341 e. The Morgan fingerprint density at radius 3 is 2.42 bits per heavy atom. The molecule has 31 heavy (non-hydrogen) atoms. The van der Waals surface area contributed by atoms with Crippen molar-refractivity contribution in [2.24, 2.45) is 0 Å². The molecule has 0 aliphatic rings. The van der Waals surface area contributed by atoms with Crippen molar-refractivity contribution in [3.8, 4) is 16.9 Å². The lowest BCUT2D eigenvalue weighted by Crippen LogP contribution is -2.21. The third kappa shape index (κ3) is 5.35. The number of ether oxygens (including phenoxy) is 2. The Morgan fingerprint density at radius 1 is 1.10 bits per heavy atom. The van der Waals surface area contributed by atoms with E-state index in [0.717, 1.165) is 26.0 Å². The van der Waals surface area contributed by atoms with Crippen molar-refractivity contribution in [1.29, 1.82) is 0 Å². The molecular weight excluding hydrogens is 478 g/mol. The van der Waals surface area contributed by atoms with E-state index in [9.17, 15) is 9.59 Å². The number of halogens is 1. The van der Waals surface area contributed by atoms with Gasteiger partial charge < -0.3 is 14.8 Å². The van der Waals surface area contributed by atoms with Crippen molar-refractivity contribution in [3.05, 3.63) is 69.0 Å². The number of anilines is 1. The molecule has 5 nitrogen and oxygen atoms in total. The molecule has 7 heteroatoms. The quantitative estimate of drug-likeness (QED) is 0.379. The molecule has 1 amide bonds. The van der Waals surface area contributed by atoms with Crippen molar-refractivity contribution >= 4 is 44.1 Å². The fourth-order valence-corrected chi connectivity index (χ4v) is 4.63. The van der Waals surface area contributed by atoms with Crippen LogP contribution in [0, 0.1) is 6.92 Å². The largest absolute Gasteiger partial charge is 0.483 e. The maximum Gasteiger partial charge on any atom is 0.341 e. The fourth-order valence-electron chi connectivity index (χ4n) is 3.29. The molecule has 3 rings (SSSR count). The number of methoxy groups -OCH3 is 1. The number of nitrogens with one attached hydrogen (secondary N) is 1. The van der Waals surface area contributed by atoms with Crippen LogP contribution in [0.15, 0.2) is 53.0 Å². The number of hydrogen-bond donors (Lipinski definition) is 1. The van der Waals surface area contributed by atoms with E-state index in [-0.39, 0.29) is 18.4 Å². The van der Waals surface area contributed by atoms with Crippen LogP contribution >= 0.6 is 27.3 Å². The van der Waals surface area contributed by atoms with Crippen LogP contribution in [0.1, 0.15) is 40.6 Å². The van der Waals surface area contributed by atoms with E-state index in [1.807, 2.05) is 55.5 Å². The first-order valence-electron chi connectivity index (χ1n) is 9.81. The topological polar surface area (TPSA) is 64.6 Å². The van der Waals surface area contributed by atoms with E-state index >= 15 is 0 Å². The van der Waals surface area contributed by atoms with Gasteiger partial charge in [-0.05, 0) is 42.2 Å². The summed E-state index contributed by atoms with van der Waals surface area (Å²) in [4.78, 5) is 26.1. The molecule has 1 N–H and O–H groups in total. The second kappa shape index (κ2) is 10.1. The summed E-state index contributed by atoms with van der Waals surface area (Å²) in [6, 6.07) is 15.3. The SMILES string of the molecule is COC(=O)c1c(NC(=O)COc2ccccc2C(C)C)sc(C)c1-c1ccc(Br)cc1. The van der Waals surface area contributed by atoms with Crippen LogP contribution in [0.3, 0.4) is 0 Å². The molecule has 0 saturated heterocycles. The first-order chi connectivity index (χ1) is 14.8. The van der Waals surface area contributed by atoms with Gasteiger partial charge in [0.05, 0.1) is 7.11 Å². The van der Waals surface area contributed by atoms with Gasteiger partial charge in [0.25, 0.3) is 5.91 Å². The van der Waals surface area contributed by atoms with E-state index in [2.05, 4.69) is 35.1 Å². The molecule has 3 aromatic rings. The summed E-state index contributed by atoms with van der Waals surface area (Å²) in [7, 11) is 1.33. The summed E-state index contributed by atoms with van der Waals surface area (Å²) >= 11 is 4.77. The van der Waals surface area contributed by atoms with E-state index in [1.165, 1.54) is 18.4 Å². The van der Waals surface area contributed by atoms with Gasteiger partial charge in [0.2, 0.25) is 0 Å². The van der Waals surface area contributed by atoms with Gasteiger partial charge >= 0.3 is 5.97 Å². The van der Waals surface area contributed by atoms with Crippen LogP contribution in [0.25, 0.3) is 11.1 Å². The Morgan fingerprint density at radius 2 is 1.77 bits per heavy atom. The minimum absolute atomic E-state index is 0.158. The molecule has 0 aliphatic heterocycles. The zero-order valence-corrected chi connectivity index (χ0v) is 20.2. The van der Waals surface area contributed by atoms with E-state index in [4.69, 9.17) is 9.47 Å². The highest BCUT2D eigenvalue weighted by Gasteiger charge is 2.25. The summed E-state index contributed by atoms with van der Waals surface area (Å²) in [6.07, 6.45) is 0. The number of carbonyl (C=O) groups excluding carboxylic acids is 2. The highest BCUT2D eigenvalue weighted by atomic mass is 79.9. The molecule has 2 aromatic carbocycles. The van der Waals surface area contributed by atoms with Crippen LogP contribution in [0.2, 0.25) is 0 Å². The Hall–Kier alpha value is -2.64. The van der Waals surface area contributed by atoms with Crippen LogP contribution < -0.4 is 10.1 Å². The summed E-state index contributed by atoms with van der Waals surface area (Å²) < 4.78 is 11.7. The molecule has 0 atom stereocenters. The number of para-hydroxylation sites is 1. The van der Waals surface area contributed by atoms with Crippen molar-refractivity contribution in [2.75, 3.05) is 19.0 Å². The van der Waals surface area contributed by atoms with Gasteiger partial charge in [-0.3, -0.25) is 4.79 Å². The van der Waals surface area contributed by atoms with Crippen molar-refractivity contribution < 1.29 is 19.1 Å². The lowest BCUT2D eigenvalue weighted by molar-refractivity contribution is -0.118. The Kier molecular flexibility index (Phi) is 7.51. The molecule has 0 aliphatic carbocycles. The Balaban J connectivity index is 1.84. The van der Waals surface area contributed by atoms with Crippen LogP contribution in [0.4, 0.5) is 5.00 Å². The highest BCUT2D eigenvalue weighted by molar-refractivity contribution is 9.10. The average molecular weight is 502 g/mol. The van der Waals surface area contributed by atoms with Gasteiger partial charge in [0.1, 0.15) is 16.3 Å². The number of amides is 1. The number of aryl methyl sites for hydroxylation is 1. The van der Waals surface area contributed by atoms with Crippen molar-refractivity contribution in [2.45, 2.75) is 26.7 Å². The van der Waals surface area contributed by atoms with Crippen molar-refractivity contribution in [3.63, 3.8) is 0 Å². The zero-order valence-electron chi connectivity index (χ0n) is 17.8. The van der Waals surface area contributed by atoms with Crippen molar-refractivity contribution in [1.82, 2.24) is 0 Å². The summed E-state index contributed by atoms with van der Waals surface area (Å²) in [6.45, 7) is 5.90. The normalized spacial score (nSPS) is 10.8. The highest BCUT2D eigenvalue weighted by Crippen LogP contribution is 2.40. The standard InChI is InChI=1S/C24H24BrNO4S/c1-14(2)18-7-5-6-8-19(18)30-13-20(27)26-23-22(24(28)29-4)21(15(3)31-23)16-9-11-17(25)12-10-16/h5-12,14H,13H2,1-4H3,(H,26,27). The number of hydrogen-bond acceptors (Lipinski definition) is 5. The molecule has 0 bridgehead atoms. The van der Waals surface area contributed by atoms with E-state index in [1.54, 1.807) is 0 Å². The fraction of sp³-hybridized carbons (Fsp3) is 0.250. The first-order valence-corrected chi connectivity index (χ1v) is 11.4. The van der Waals surface area contributed by atoms with Gasteiger partial charge in [-0.1, -0.05) is 60.1 Å². The van der Waals surface area contributed by atoms with E-state index < -0.39 is 5.97 Å². The molecule has 0 fully saturated rings. The first kappa shape index (κ1) is 23.0. The zero-order chi connectivity index (χ0) is 22.5. The Bertz CT molecular complexity index is 1090. The third-order valence-corrected chi connectivity index (χ3v) is 6.31. The number of esters is 1. The third-order valence-electron chi connectivity index (χ3n) is 4.76. The molecule has 0 radical (unpaired) electrons. The molecule has 162 valence electrons. The number of benzene rings is 2. The molecule has 1 aromatic heterocycles. The predicted octanol–water partition coefficient (Wildman–Crippen LogP) is 6.41. The molecule has 0 saturated carbocycles. The number of thiophene rings is 1. The van der Waals surface area contributed by atoms with Crippen LogP contribution in [0.5, 0.6) is 5.75 Å². The van der Waals surface area contributed by atoms with Crippen LogP contribution in [-0.2, 0) is 9.53 Å². The summed E-state index contributed by atoms with van der Waals surface area (Å²) in [5, 5.41) is 3.28. The predicted molar refractivity (Wildman–Crippen MR) is 128 cm³/mol. The minimum Gasteiger partial charge on any atom is -0.483 e. The lowest BCUT2D eigenvalue weighted by atomic mass is 10.0. The van der Waals surface area contributed by atoms with E-state index in [0.29, 0.717) is 16.3 Å². The second-order valence-electron chi connectivity index (χ2n) is 7.27. The molecule has 1 heterocycles. The van der Waals surface area contributed by atoms with Gasteiger partial charge in [0, 0.05) is 14.9 Å². The van der Waals surface area contributed by atoms with Crippen LogP contribution in [-0.4, -0.2) is 25.6 Å². The van der Waals surface area contributed by atoms with Gasteiger partial charge in [-0.25, -0.2) is 4.79 Å². The summed E-state index contributed by atoms with van der Waals surface area (Å²) in [5.74, 6) is 0.119. The second-order valence-corrected chi connectivity index (χ2v) is 9.41. The average Bonchev–Trinajstić information content (AvgIpc) is 3.07. The maximum atomic E-state index is 12.6. The lowest BCUT2D eigenvalue weighted by Gasteiger charge is -2.13. The molecular formula is C24H24BrNO4S. The minimum atomic E-state index is -0.497. The van der Waals surface area contributed by atoms with Gasteiger partial charge in [-0.2, -0.15) is 0 Å². The number of carbonyl (C=O) groups is 2. The monoisotopic (exact) mass is 501 g/mol. The summed E-state index contributed by atoms with van der Waals surface area (Å²) in [5.41, 5.74) is 3.02. The van der Waals surface area contributed by atoms with Gasteiger partial charge in [0.15, 0.2) is 6.61 Å². The Labute approximate surface area is 194 Å². The van der Waals surface area contributed by atoms with Gasteiger partial charge in [-0.15, -0.1) is 11.3 Å². The maximum absolute atomic E-state index is 12.6. The molecule has 0 unspecified atom stereocenters.